The van der Waals surface area contributed by atoms with Gasteiger partial charge in [0.05, 0.1) is 0 Å². The Hall–Kier alpha value is -1.28. The van der Waals surface area contributed by atoms with Gasteiger partial charge in [0.15, 0.2) is 0 Å². The fourth-order valence-corrected chi connectivity index (χ4v) is 1.51. The minimum absolute atomic E-state index is 0.273. The second kappa shape index (κ2) is 6.33. The molecule has 0 aromatic heterocycles. The number of hydrogen-bond acceptors (Lipinski definition) is 2. The number of anilines is 1. The summed E-state index contributed by atoms with van der Waals surface area (Å²) >= 11 is 0. The summed E-state index contributed by atoms with van der Waals surface area (Å²) in [7, 11) is 1.93. The van der Waals surface area contributed by atoms with E-state index in [4.69, 9.17) is 0 Å². The molecule has 1 rings (SSSR count). The van der Waals surface area contributed by atoms with Crippen LogP contribution in [0.3, 0.4) is 0 Å². The number of hydrogen-bond donors (Lipinski definition) is 2. The molecule has 1 unspecified atom stereocenters. The summed E-state index contributed by atoms with van der Waals surface area (Å²) < 4.78 is 0. The molecule has 1 aromatic rings. The van der Waals surface area contributed by atoms with Gasteiger partial charge in [-0.05, 0) is 38.1 Å². The number of nitrogens with one attached hydrogen (secondary N) is 2. The lowest BCUT2D eigenvalue weighted by Gasteiger charge is -2.16. The fraction of sp³-hybridized carbons (Fsp3) is 0.429. The summed E-state index contributed by atoms with van der Waals surface area (Å²) in [6.07, 6.45) is 2.34. The largest absolute Gasteiger partial charge is 0.358 e. The number of aryl methyl sites for hydroxylation is 1. The van der Waals surface area contributed by atoms with Gasteiger partial charge in [-0.2, -0.15) is 0 Å². The van der Waals surface area contributed by atoms with Gasteiger partial charge >= 0.3 is 0 Å². The average Bonchev–Trinajstić information content (AvgIpc) is 2.31. The number of benzene rings is 1. The van der Waals surface area contributed by atoms with Crippen LogP contribution in [0.15, 0.2) is 36.5 Å². The van der Waals surface area contributed by atoms with E-state index in [-0.39, 0.29) is 6.04 Å². The van der Waals surface area contributed by atoms with Crippen molar-refractivity contribution in [3.8, 4) is 0 Å². The van der Waals surface area contributed by atoms with Crippen molar-refractivity contribution in [3.05, 3.63) is 42.1 Å². The van der Waals surface area contributed by atoms with Crippen LogP contribution in [0.1, 0.15) is 25.8 Å². The number of likely N-dealkylation sites (N-methyl/N-ethyl adjacent to an activating group) is 1. The van der Waals surface area contributed by atoms with Gasteiger partial charge in [-0.1, -0.05) is 32.1 Å². The molecule has 0 aliphatic carbocycles. The predicted molar refractivity (Wildman–Crippen MR) is 71.7 cm³/mol. The van der Waals surface area contributed by atoms with Crippen LogP contribution < -0.4 is 10.6 Å². The Balaban J connectivity index is 2.58. The molecule has 0 aliphatic heterocycles. The highest BCUT2D eigenvalue weighted by atomic mass is 15.0. The van der Waals surface area contributed by atoms with E-state index < -0.39 is 0 Å². The zero-order valence-electron chi connectivity index (χ0n) is 10.5. The molecule has 0 saturated heterocycles. The summed E-state index contributed by atoms with van der Waals surface area (Å²) in [6.45, 7) is 8.29. The maximum absolute atomic E-state index is 4.01. The maximum atomic E-state index is 4.01. The van der Waals surface area contributed by atoms with E-state index in [1.54, 1.807) is 0 Å². The van der Waals surface area contributed by atoms with Crippen LogP contribution in [0, 0.1) is 0 Å². The van der Waals surface area contributed by atoms with Crippen LogP contribution in [0.2, 0.25) is 0 Å². The van der Waals surface area contributed by atoms with E-state index >= 15 is 0 Å². The average molecular weight is 218 g/mol. The van der Waals surface area contributed by atoms with E-state index in [1.165, 1.54) is 12.0 Å². The quantitative estimate of drug-likeness (QED) is 0.766. The smallest absolute Gasteiger partial charge is 0.0435 e. The minimum atomic E-state index is 0.273. The monoisotopic (exact) mass is 218 g/mol. The van der Waals surface area contributed by atoms with Crippen molar-refractivity contribution in [2.24, 2.45) is 0 Å². The summed E-state index contributed by atoms with van der Waals surface area (Å²) in [4.78, 5) is 0. The van der Waals surface area contributed by atoms with Crippen molar-refractivity contribution in [2.75, 3.05) is 12.4 Å². The second-order valence-electron chi connectivity index (χ2n) is 4.11. The molecule has 1 atom stereocenters. The third-order valence-electron chi connectivity index (χ3n) is 2.75. The molecule has 0 heterocycles. The molecule has 2 N–H and O–H groups in total. The van der Waals surface area contributed by atoms with Gasteiger partial charge in [0.25, 0.3) is 0 Å². The minimum Gasteiger partial charge on any atom is -0.358 e. The van der Waals surface area contributed by atoms with Crippen molar-refractivity contribution in [1.29, 1.82) is 0 Å². The van der Waals surface area contributed by atoms with E-state index in [1.807, 2.05) is 7.05 Å². The van der Waals surface area contributed by atoms with Gasteiger partial charge in [0.2, 0.25) is 0 Å². The Morgan fingerprint density at radius 2 is 1.94 bits per heavy atom. The summed E-state index contributed by atoms with van der Waals surface area (Å²) in [6, 6.07) is 8.83. The molecule has 0 fully saturated rings. The van der Waals surface area contributed by atoms with Crippen molar-refractivity contribution in [1.82, 2.24) is 5.32 Å². The van der Waals surface area contributed by atoms with Crippen LogP contribution in [0.4, 0.5) is 5.69 Å². The Bertz CT molecular complexity index is 327. The van der Waals surface area contributed by atoms with Gasteiger partial charge in [-0.25, -0.2) is 0 Å². The van der Waals surface area contributed by atoms with Crippen molar-refractivity contribution >= 4 is 5.69 Å². The van der Waals surface area contributed by atoms with Crippen LogP contribution in [-0.2, 0) is 6.42 Å². The first-order valence-electron chi connectivity index (χ1n) is 5.89. The van der Waals surface area contributed by atoms with Crippen molar-refractivity contribution in [2.45, 2.75) is 32.7 Å². The molecule has 0 radical (unpaired) electrons. The lowest BCUT2D eigenvalue weighted by Crippen LogP contribution is -2.26. The lowest BCUT2D eigenvalue weighted by molar-refractivity contribution is 0.698. The highest BCUT2D eigenvalue weighted by Gasteiger charge is 2.03. The van der Waals surface area contributed by atoms with Crippen LogP contribution in [0.5, 0.6) is 0 Å². The van der Waals surface area contributed by atoms with Gasteiger partial charge in [-0.3, -0.25) is 0 Å². The molecule has 16 heavy (non-hydrogen) atoms. The molecular formula is C14H22N2. The molecule has 0 aliphatic rings. The first-order valence-corrected chi connectivity index (χ1v) is 5.89. The van der Waals surface area contributed by atoms with Crippen molar-refractivity contribution in [3.63, 3.8) is 0 Å². The van der Waals surface area contributed by atoms with E-state index in [0.717, 1.165) is 17.8 Å². The molecular weight excluding hydrogens is 196 g/mol. The molecule has 0 amide bonds. The maximum Gasteiger partial charge on any atom is 0.0435 e. The highest BCUT2D eigenvalue weighted by Crippen LogP contribution is 2.13. The van der Waals surface area contributed by atoms with Gasteiger partial charge in [0.1, 0.15) is 0 Å². The van der Waals surface area contributed by atoms with E-state index in [9.17, 15) is 0 Å². The summed E-state index contributed by atoms with van der Waals surface area (Å²) in [5.74, 6) is 0. The van der Waals surface area contributed by atoms with Gasteiger partial charge in [-0.15, -0.1) is 0 Å². The Kier molecular flexibility index (Phi) is 5.06. The molecule has 1 aromatic carbocycles. The van der Waals surface area contributed by atoms with E-state index in [2.05, 4.69) is 55.3 Å². The molecule has 0 spiro atoms. The second-order valence-corrected chi connectivity index (χ2v) is 4.11. The van der Waals surface area contributed by atoms with Crippen LogP contribution in [-0.4, -0.2) is 13.1 Å². The first-order chi connectivity index (χ1) is 7.67. The lowest BCUT2D eigenvalue weighted by atomic mass is 10.1. The van der Waals surface area contributed by atoms with Gasteiger partial charge < -0.3 is 10.6 Å². The third-order valence-corrected chi connectivity index (χ3v) is 2.75. The summed E-state index contributed by atoms with van der Waals surface area (Å²) in [5.41, 5.74) is 3.48. The highest BCUT2D eigenvalue weighted by molar-refractivity contribution is 5.49. The Morgan fingerprint density at radius 3 is 2.44 bits per heavy atom. The molecule has 0 saturated carbocycles. The van der Waals surface area contributed by atoms with Crippen molar-refractivity contribution < 1.29 is 0 Å². The third kappa shape index (κ3) is 3.70. The zero-order chi connectivity index (χ0) is 12.0. The Labute approximate surface area is 98.8 Å². The molecule has 2 nitrogen and oxygen atoms in total. The van der Waals surface area contributed by atoms with Crippen LogP contribution in [0.25, 0.3) is 0 Å². The fourth-order valence-electron chi connectivity index (χ4n) is 1.51. The normalized spacial score (nSPS) is 12.2. The molecule has 0 bridgehead atoms. The topological polar surface area (TPSA) is 24.1 Å². The standard InChI is InChI=1S/C14H22N2/c1-5-6-13-7-9-14(10-8-13)16-12(3)11(2)15-4/h7-11,15-16H,3,5-6H2,1-2,4H3. The predicted octanol–water partition coefficient (Wildman–Crippen LogP) is 3.17. The number of rotatable bonds is 6. The zero-order valence-corrected chi connectivity index (χ0v) is 10.5. The SMILES string of the molecule is C=C(Nc1ccc(CCC)cc1)C(C)NC. The Morgan fingerprint density at radius 1 is 1.31 bits per heavy atom. The van der Waals surface area contributed by atoms with E-state index in [0.29, 0.717) is 0 Å². The van der Waals surface area contributed by atoms with Crippen LogP contribution >= 0.6 is 0 Å². The first kappa shape index (κ1) is 12.8. The molecule has 2 heteroatoms. The van der Waals surface area contributed by atoms with Gasteiger partial charge in [0, 0.05) is 17.4 Å². The summed E-state index contributed by atoms with van der Waals surface area (Å²) in [5, 5.41) is 6.46. The molecule has 88 valence electrons.